The molecule has 8 heteroatoms. The van der Waals surface area contributed by atoms with Crippen molar-refractivity contribution in [2.24, 2.45) is 4.99 Å². The molecule has 4 rings (SSSR count). The number of carbonyl (C=O) groups excluding carboxylic acids is 1. The summed E-state index contributed by atoms with van der Waals surface area (Å²) in [7, 11) is 0. The number of non-ortho nitro benzene ring substituents is 1. The van der Waals surface area contributed by atoms with E-state index < -0.39 is 4.92 Å². The molecule has 1 amide bonds. The zero-order chi connectivity index (χ0) is 20.9. The molecule has 0 N–H and O–H groups in total. The Balaban J connectivity index is 1.64. The largest absolute Gasteiger partial charge is 0.286 e. The van der Waals surface area contributed by atoms with Crippen molar-refractivity contribution in [1.82, 2.24) is 9.80 Å². The molecular weight excluding hydrogens is 400 g/mol. The van der Waals surface area contributed by atoms with E-state index in [1.54, 1.807) is 23.1 Å². The average Bonchev–Trinajstić information content (AvgIpc) is 3.04. The Morgan fingerprint density at radius 2 is 1.83 bits per heavy atom. The van der Waals surface area contributed by atoms with Crippen LogP contribution in [0.1, 0.15) is 24.8 Å². The predicted molar refractivity (Wildman–Crippen MR) is 119 cm³/mol. The van der Waals surface area contributed by atoms with Crippen molar-refractivity contribution < 1.29 is 9.72 Å². The van der Waals surface area contributed by atoms with Crippen molar-refractivity contribution in [2.45, 2.75) is 19.3 Å². The zero-order valence-corrected chi connectivity index (χ0v) is 17.3. The van der Waals surface area contributed by atoms with Crippen LogP contribution in [0.3, 0.4) is 0 Å². The first kappa shape index (κ1) is 20.3. The first-order valence-electron chi connectivity index (χ1n) is 9.92. The predicted octanol–water partition coefficient (Wildman–Crippen LogP) is 4.64. The molecule has 0 aliphatic carbocycles. The lowest BCUT2D eigenvalue weighted by Gasteiger charge is -2.30. The molecule has 0 saturated carbocycles. The molecule has 0 spiro atoms. The van der Waals surface area contributed by atoms with Gasteiger partial charge in [0.2, 0.25) is 0 Å². The van der Waals surface area contributed by atoms with E-state index in [2.05, 4.69) is 4.90 Å². The second-order valence-electron chi connectivity index (χ2n) is 7.25. The number of nitro benzene ring substituents is 1. The van der Waals surface area contributed by atoms with Gasteiger partial charge in [-0.25, -0.2) is 4.99 Å². The second-order valence-corrected chi connectivity index (χ2v) is 8.26. The number of benzene rings is 2. The summed E-state index contributed by atoms with van der Waals surface area (Å²) in [4.78, 5) is 33.0. The molecule has 2 aliphatic rings. The van der Waals surface area contributed by atoms with Crippen molar-refractivity contribution in [3.05, 3.63) is 75.2 Å². The number of likely N-dealkylation sites (tertiary alicyclic amines) is 1. The summed E-state index contributed by atoms with van der Waals surface area (Å²) in [6, 6.07) is 15.9. The molecular formula is C22H22N4O3S. The Bertz CT molecular complexity index is 1000. The molecule has 0 unspecified atom stereocenters. The SMILES string of the molecule is O=C1/C(=C\c2cccc([N+](=O)[O-])c2)SC(=Nc2ccccc2)N1CN1CCCCC1. The van der Waals surface area contributed by atoms with E-state index in [-0.39, 0.29) is 11.6 Å². The highest BCUT2D eigenvalue weighted by Gasteiger charge is 2.34. The Labute approximate surface area is 179 Å². The van der Waals surface area contributed by atoms with E-state index in [1.807, 2.05) is 30.3 Å². The highest BCUT2D eigenvalue weighted by Crippen LogP contribution is 2.35. The minimum atomic E-state index is -0.434. The second kappa shape index (κ2) is 9.23. The van der Waals surface area contributed by atoms with Gasteiger partial charge in [-0.1, -0.05) is 36.8 Å². The van der Waals surface area contributed by atoms with Gasteiger partial charge in [-0.3, -0.25) is 24.7 Å². The molecule has 0 aromatic heterocycles. The number of thioether (sulfide) groups is 1. The Morgan fingerprint density at radius 3 is 2.57 bits per heavy atom. The summed E-state index contributed by atoms with van der Waals surface area (Å²) in [5.41, 5.74) is 1.41. The number of aliphatic imine (C=N–C) groups is 1. The fraction of sp³-hybridized carbons (Fsp3) is 0.273. The number of amidine groups is 1. The van der Waals surface area contributed by atoms with Crippen LogP contribution in [0.5, 0.6) is 0 Å². The number of nitro groups is 1. The van der Waals surface area contributed by atoms with E-state index in [4.69, 9.17) is 4.99 Å². The van der Waals surface area contributed by atoms with E-state index in [0.29, 0.717) is 22.3 Å². The van der Waals surface area contributed by atoms with Crippen molar-refractivity contribution in [1.29, 1.82) is 0 Å². The third kappa shape index (κ3) is 4.77. The van der Waals surface area contributed by atoms with Gasteiger partial charge in [-0.2, -0.15) is 0 Å². The van der Waals surface area contributed by atoms with Crippen LogP contribution in [0.25, 0.3) is 6.08 Å². The number of carbonyl (C=O) groups is 1. The molecule has 0 radical (unpaired) electrons. The summed E-state index contributed by atoms with van der Waals surface area (Å²) < 4.78 is 0. The maximum atomic E-state index is 13.2. The first-order chi connectivity index (χ1) is 14.6. The van der Waals surface area contributed by atoms with Crippen LogP contribution in [-0.2, 0) is 4.79 Å². The number of piperidine rings is 1. The van der Waals surface area contributed by atoms with Crippen LogP contribution < -0.4 is 0 Å². The molecule has 154 valence electrons. The third-order valence-corrected chi connectivity index (χ3v) is 6.04. The number of hydrogen-bond donors (Lipinski definition) is 0. The molecule has 7 nitrogen and oxygen atoms in total. The highest BCUT2D eigenvalue weighted by atomic mass is 32.2. The van der Waals surface area contributed by atoms with Crippen LogP contribution in [0, 0.1) is 10.1 Å². The highest BCUT2D eigenvalue weighted by molar-refractivity contribution is 8.18. The molecule has 2 heterocycles. The van der Waals surface area contributed by atoms with Gasteiger partial charge in [-0.15, -0.1) is 0 Å². The Hall–Kier alpha value is -2.97. The van der Waals surface area contributed by atoms with Crippen LogP contribution in [0.15, 0.2) is 64.5 Å². The molecule has 2 saturated heterocycles. The summed E-state index contributed by atoms with van der Waals surface area (Å²) >= 11 is 1.31. The zero-order valence-electron chi connectivity index (χ0n) is 16.4. The minimum absolute atomic E-state index is 0.00291. The van der Waals surface area contributed by atoms with Gasteiger partial charge in [-0.05, 0) is 61.5 Å². The Kier molecular flexibility index (Phi) is 6.25. The summed E-state index contributed by atoms with van der Waals surface area (Å²) in [5.74, 6) is -0.119. The van der Waals surface area contributed by atoms with Gasteiger partial charge in [0.25, 0.3) is 11.6 Å². The van der Waals surface area contributed by atoms with E-state index in [1.165, 1.54) is 30.3 Å². The molecule has 2 fully saturated rings. The van der Waals surface area contributed by atoms with Gasteiger partial charge in [0.15, 0.2) is 5.17 Å². The van der Waals surface area contributed by atoms with Gasteiger partial charge in [0.1, 0.15) is 0 Å². The van der Waals surface area contributed by atoms with Gasteiger partial charge in [0, 0.05) is 12.1 Å². The fourth-order valence-electron chi connectivity index (χ4n) is 3.51. The maximum absolute atomic E-state index is 13.2. The van der Waals surface area contributed by atoms with Crippen molar-refractivity contribution >= 4 is 40.3 Å². The number of rotatable bonds is 5. The monoisotopic (exact) mass is 422 g/mol. The topological polar surface area (TPSA) is 79.0 Å². The minimum Gasteiger partial charge on any atom is -0.286 e. The van der Waals surface area contributed by atoms with Gasteiger partial charge >= 0.3 is 0 Å². The van der Waals surface area contributed by atoms with Crippen LogP contribution >= 0.6 is 11.8 Å². The van der Waals surface area contributed by atoms with Crippen molar-refractivity contribution in [3.8, 4) is 0 Å². The van der Waals surface area contributed by atoms with Crippen LogP contribution in [0.4, 0.5) is 11.4 Å². The molecule has 2 aromatic carbocycles. The molecule has 30 heavy (non-hydrogen) atoms. The normalized spacial score (nSPS) is 20.3. The van der Waals surface area contributed by atoms with Crippen molar-refractivity contribution in [3.63, 3.8) is 0 Å². The number of nitrogens with zero attached hydrogens (tertiary/aromatic N) is 4. The fourth-order valence-corrected chi connectivity index (χ4v) is 4.50. The summed E-state index contributed by atoms with van der Waals surface area (Å²) in [5, 5.41) is 11.7. The molecule has 2 aliphatic heterocycles. The quantitative estimate of drug-likeness (QED) is 0.398. The van der Waals surface area contributed by atoms with Crippen LogP contribution in [-0.4, -0.2) is 45.6 Å². The standard InChI is InChI=1S/C22H22N4O3S/c27-21-20(15-17-8-7-11-19(14-17)26(28)29)30-22(23-18-9-3-1-4-10-18)25(21)16-24-12-5-2-6-13-24/h1,3-4,7-11,14-15H,2,5-6,12-13,16H2/b20-15+,23-22?. The van der Waals surface area contributed by atoms with E-state index in [9.17, 15) is 14.9 Å². The molecule has 2 aromatic rings. The lowest BCUT2D eigenvalue weighted by atomic mass is 10.1. The summed E-state index contributed by atoms with van der Waals surface area (Å²) in [6.07, 6.45) is 5.20. The van der Waals surface area contributed by atoms with Gasteiger partial charge in [0.05, 0.1) is 22.2 Å². The third-order valence-electron chi connectivity index (χ3n) is 5.04. The maximum Gasteiger partial charge on any atom is 0.270 e. The van der Waals surface area contributed by atoms with Crippen LogP contribution in [0.2, 0.25) is 0 Å². The number of para-hydroxylation sites is 1. The molecule has 0 atom stereocenters. The molecule has 0 bridgehead atoms. The lowest BCUT2D eigenvalue weighted by molar-refractivity contribution is -0.384. The first-order valence-corrected chi connectivity index (χ1v) is 10.7. The smallest absolute Gasteiger partial charge is 0.270 e. The Morgan fingerprint density at radius 1 is 1.07 bits per heavy atom. The summed E-state index contributed by atoms with van der Waals surface area (Å²) in [6.45, 7) is 2.44. The average molecular weight is 423 g/mol. The van der Waals surface area contributed by atoms with Crippen molar-refractivity contribution in [2.75, 3.05) is 19.8 Å². The number of amides is 1. The van der Waals surface area contributed by atoms with Gasteiger partial charge < -0.3 is 0 Å². The lowest BCUT2D eigenvalue weighted by Crippen LogP contribution is -2.43. The van der Waals surface area contributed by atoms with E-state index >= 15 is 0 Å². The van der Waals surface area contributed by atoms with E-state index in [0.717, 1.165) is 31.6 Å². The number of hydrogen-bond acceptors (Lipinski definition) is 6.